The summed E-state index contributed by atoms with van der Waals surface area (Å²) < 4.78 is 5.30. The molecule has 106 valence electrons. The molecule has 1 N–H and O–H groups in total. The molecular formula is C17H15NO2S. The molecular weight excluding hydrogens is 282 g/mol. The minimum Gasteiger partial charge on any atom is -0.496 e. The fourth-order valence-electron chi connectivity index (χ4n) is 2.33. The smallest absolute Gasteiger partial charge is 0.164 e. The van der Waals surface area contributed by atoms with Crippen LogP contribution in [0.3, 0.4) is 0 Å². The van der Waals surface area contributed by atoms with E-state index < -0.39 is 0 Å². The molecule has 1 aromatic heterocycles. The van der Waals surface area contributed by atoms with E-state index in [1.807, 2.05) is 36.4 Å². The molecule has 3 rings (SSSR count). The van der Waals surface area contributed by atoms with Gasteiger partial charge in [0.25, 0.3) is 0 Å². The summed E-state index contributed by atoms with van der Waals surface area (Å²) in [6.45, 7) is 1.56. The number of Topliss-reactive ketones (excluding diaryl/α,β-unsaturated/α-hetero) is 1. The standard InChI is InChI=1S/C17H15NO2S/c1-11(19)17-14(20-2)8-5-9-15(17)21-16-10-12-6-3-4-7-13(12)18-16/h3-10,18H,1-2H3. The number of aromatic nitrogens is 1. The van der Waals surface area contributed by atoms with E-state index in [1.165, 1.54) is 0 Å². The van der Waals surface area contributed by atoms with Crippen molar-refractivity contribution in [3.63, 3.8) is 0 Å². The van der Waals surface area contributed by atoms with Crippen LogP contribution in [-0.2, 0) is 0 Å². The summed E-state index contributed by atoms with van der Waals surface area (Å²) in [6.07, 6.45) is 0. The molecule has 0 saturated heterocycles. The van der Waals surface area contributed by atoms with E-state index in [9.17, 15) is 4.79 Å². The lowest BCUT2D eigenvalue weighted by atomic mass is 10.1. The monoisotopic (exact) mass is 297 g/mol. The molecule has 0 aliphatic heterocycles. The maximum absolute atomic E-state index is 11.9. The number of H-pyrrole nitrogens is 1. The van der Waals surface area contributed by atoms with Gasteiger partial charge < -0.3 is 9.72 Å². The Kier molecular flexibility index (Phi) is 3.71. The number of ketones is 1. The Balaban J connectivity index is 2.03. The Labute approximate surface area is 127 Å². The maximum atomic E-state index is 11.9. The van der Waals surface area contributed by atoms with Gasteiger partial charge in [0.2, 0.25) is 0 Å². The molecule has 4 heteroatoms. The van der Waals surface area contributed by atoms with E-state index in [0.29, 0.717) is 11.3 Å². The van der Waals surface area contributed by atoms with Gasteiger partial charge in [-0.2, -0.15) is 0 Å². The number of para-hydroxylation sites is 1. The van der Waals surface area contributed by atoms with E-state index in [-0.39, 0.29) is 5.78 Å². The average Bonchev–Trinajstić information content (AvgIpc) is 2.88. The van der Waals surface area contributed by atoms with Gasteiger partial charge in [0.1, 0.15) is 5.75 Å². The predicted molar refractivity (Wildman–Crippen MR) is 85.4 cm³/mol. The fraction of sp³-hybridized carbons (Fsp3) is 0.118. The number of aromatic amines is 1. The van der Waals surface area contributed by atoms with Gasteiger partial charge in [-0.1, -0.05) is 36.0 Å². The molecule has 21 heavy (non-hydrogen) atoms. The van der Waals surface area contributed by atoms with E-state index in [1.54, 1.807) is 25.8 Å². The molecule has 0 radical (unpaired) electrons. The van der Waals surface area contributed by atoms with Crippen LogP contribution in [0.4, 0.5) is 0 Å². The summed E-state index contributed by atoms with van der Waals surface area (Å²) >= 11 is 1.54. The summed E-state index contributed by atoms with van der Waals surface area (Å²) in [4.78, 5) is 16.2. The topological polar surface area (TPSA) is 42.1 Å². The van der Waals surface area contributed by atoms with E-state index in [4.69, 9.17) is 4.74 Å². The molecule has 0 aliphatic rings. The van der Waals surface area contributed by atoms with Gasteiger partial charge in [-0.05, 0) is 31.2 Å². The van der Waals surface area contributed by atoms with Crippen LogP contribution < -0.4 is 4.74 Å². The second-order valence-electron chi connectivity index (χ2n) is 4.71. The molecule has 0 unspecified atom stereocenters. The lowest BCUT2D eigenvalue weighted by Gasteiger charge is -2.10. The highest BCUT2D eigenvalue weighted by Crippen LogP contribution is 2.35. The third kappa shape index (κ3) is 2.67. The minimum atomic E-state index is 0.00561. The first-order valence-corrected chi connectivity index (χ1v) is 7.44. The summed E-state index contributed by atoms with van der Waals surface area (Å²) in [5.74, 6) is 0.620. The Morgan fingerprint density at radius 2 is 1.95 bits per heavy atom. The molecule has 2 aromatic carbocycles. The van der Waals surface area contributed by atoms with Crippen LogP contribution in [0, 0.1) is 0 Å². The van der Waals surface area contributed by atoms with Crippen LogP contribution in [-0.4, -0.2) is 17.9 Å². The highest BCUT2D eigenvalue weighted by molar-refractivity contribution is 7.99. The molecule has 0 aliphatic carbocycles. The van der Waals surface area contributed by atoms with Gasteiger partial charge >= 0.3 is 0 Å². The van der Waals surface area contributed by atoms with Crippen molar-refractivity contribution >= 4 is 28.4 Å². The summed E-state index contributed by atoms with van der Waals surface area (Å²) in [6, 6.07) is 15.8. The van der Waals surface area contributed by atoms with Crippen molar-refractivity contribution in [3.05, 3.63) is 54.1 Å². The normalized spacial score (nSPS) is 10.8. The lowest BCUT2D eigenvalue weighted by molar-refractivity contribution is 0.101. The van der Waals surface area contributed by atoms with Gasteiger partial charge in [-0.3, -0.25) is 4.79 Å². The Hall–Kier alpha value is -2.20. The number of ether oxygens (including phenoxy) is 1. The van der Waals surface area contributed by atoms with Crippen LogP contribution in [0.5, 0.6) is 5.75 Å². The molecule has 3 aromatic rings. The van der Waals surface area contributed by atoms with Crippen molar-refractivity contribution in [3.8, 4) is 5.75 Å². The minimum absolute atomic E-state index is 0.00561. The van der Waals surface area contributed by atoms with Crippen molar-refractivity contribution in [2.45, 2.75) is 16.8 Å². The second kappa shape index (κ2) is 5.66. The number of carbonyl (C=O) groups is 1. The van der Waals surface area contributed by atoms with Gasteiger partial charge in [-0.25, -0.2) is 0 Å². The van der Waals surface area contributed by atoms with Crippen molar-refractivity contribution < 1.29 is 9.53 Å². The highest BCUT2D eigenvalue weighted by atomic mass is 32.2. The lowest BCUT2D eigenvalue weighted by Crippen LogP contribution is -1.99. The Morgan fingerprint density at radius 3 is 2.67 bits per heavy atom. The number of hydrogen-bond donors (Lipinski definition) is 1. The molecule has 1 heterocycles. The van der Waals surface area contributed by atoms with Crippen molar-refractivity contribution in [2.75, 3.05) is 7.11 Å². The number of hydrogen-bond acceptors (Lipinski definition) is 3. The van der Waals surface area contributed by atoms with Gasteiger partial charge in [0.05, 0.1) is 17.7 Å². The number of benzene rings is 2. The fourth-order valence-corrected chi connectivity index (χ4v) is 3.41. The molecule has 0 amide bonds. The zero-order chi connectivity index (χ0) is 14.8. The first-order chi connectivity index (χ1) is 10.2. The van der Waals surface area contributed by atoms with E-state index in [0.717, 1.165) is 20.8 Å². The van der Waals surface area contributed by atoms with Crippen LogP contribution in [0.2, 0.25) is 0 Å². The van der Waals surface area contributed by atoms with E-state index >= 15 is 0 Å². The number of carbonyl (C=O) groups excluding carboxylic acids is 1. The zero-order valence-electron chi connectivity index (χ0n) is 11.8. The molecule has 3 nitrogen and oxygen atoms in total. The van der Waals surface area contributed by atoms with Gasteiger partial charge in [-0.15, -0.1) is 0 Å². The van der Waals surface area contributed by atoms with Crippen molar-refractivity contribution in [2.24, 2.45) is 0 Å². The molecule has 0 bridgehead atoms. The number of nitrogens with one attached hydrogen (secondary N) is 1. The van der Waals surface area contributed by atoms with Gasteiger partial charge in [0.15, 0.2) is 5.78 Å². The average molecular weight is 297 g/mol. The summed E-state index contributed by atoms with van der Waals surface area (Å²) in [5.41, 5.74) is 1.72. The second-order valence-corrected chi connectivity index (χ2v) is 5.80. The number of fused-ring (bicyclic) bond motifs is 1. The van der Waals surface area contributed by atoms with Crippen molar-refractivity contribution in [1.29, 1.82) is 0 Å². The first-order valence-electron chi connectivity index (χ1n) is 6.62. The SMILES string of the molecule is COc1cccc(Sc2cc3ccccc3[nH]2)c1C(C)=O. The molecule has 0 atom stereocenters. The van der Waals surface area contributed by atoms with E-state index in [2.05, 4.69) is 17.1 Å². The Bertz CT molecular complexity index is 774. The van der Waals surface area contributed by atoms with Crippen LogP contribution in [0.1, 0.15) is 17.3 Å². The summed E-state index contributed by atoms with van der Waals surface area (Å²) in [7, 11) is 1.58. The van der Waals surface area contributed by atoms with Crippen molar-refractivity contribution in [1.82, 2.24) is 4.98 Å². The third-order valence-corrected chi connectivity index (χ3v) is 4.29. The molecule has 0 saturated carbocycles. The highest BCUT2D eigenvalue weighted by Gasteiger charge is 2.15. The molecule has 0 fully saturated rings. The molecule has 0 spiro atoms. The quantitative estimate of drug-likeness (QED) is 0.719. The zero-order valence-corrected chi connectivity index (χ0v) is 12.7. The number of rotatable bonds is 4. The van der Waals surface area contributed by atoms with Crippen LogP contribution in [0.15, 0.2) is 58.5 Å². The third-order valence-electron chi connectivity index (χ3n) is 3.29. The van der Waals surface area contributed by atoms with Crippen LogP contribution in [0.25, 0.3) is 10.9 Å². The predicted octanol–water partition coefficient (Wildman–Crippen LogP) is 4.53. The number of methoxy groups -OCH3 is 1. The van der Waals surface area contributed by atoms with Crippen LogP contribution >= 0.6 is 11.8 Å². The van der Waals surface area contributed by atoms with Gasteiger partial charge in [0, 0.05) is 15.8 Å². The largest absolute Gasteiger partial charge is 0.496 e. The first kappa shape index (κ1) is 13.8. The summed E-state index contributed by atoms with van der Waals surface area (Å²) in [5, 5.41) is 2.17. The Morgan fingerprint density at radius 1 is 1.14 bits per heavy atom. The maximum Gasteiger partial charge on any atom is 0.164 e.